The number of anilines is 1. The van der Waals surface area contributed by atoms with E-state index in [2.05, 4.69) is 43.0 Å². The Balaban J connectivity index is 2.24. The summed E-state index contributed by atoms with van der Waals surface area (Å²) in [5.74, 6) is 0.838. The lowest BCUT2D eigenvalue weighted by Gasteiger charge is -2.34. The summed E-state index contributed by atoms with van der Waals surface area (Å²) in [5, 5.41) is 3.35. The fraction of sp³-hybridized carbons (Fsp3) is 0.600. The Hall–Kier alpha value is -0.680. The van der Waals surface area contributed by atoms with E-state index < -0.39 is 0 Å². The molecule has 0 aromatic carbocycles. The minimum absolute atomic E-state index is 0.458. The molecule has 1 fully saturated rings. The lowest BCUT2D eigenvalue weighted by Crippen LogP contribution is -2.50. The van der Waals surface area contributed by atoms with Gasteiger partial charge in [-0.25, -0.2) is 9.97 Å². The largest absolute Gasteiger partial charge is 0.336 e. The smallest absolute Gasteiger partial charge is 0.225 e. The summed E-state index contributed by atoms with van der Waals surface area (Å²) in [6.07, 6.45) is 1.83. The van der Waals surface area contributed by atoms with Crippen LogP contribution in [0, 0.1) is 6.92 Å². The van der Waals surface area contributed by atoms with Gasteiger partial charge in [0.15, 0.2) is 0 Å². The quantitative estimate of drug-likeness (QED) is 0.837. The Kier molecular flexibility index (Phi) is 3.21. The molecule has 1 unspecified atom stereocenters. The number of halogens is 1. The van der Waals surface area contributed by atoms with Crippen LogP contribution in [0.4, 0.5) is 5.95 Å². The zero-order valence-corrected chi connectivity index (χ0v) is 10.6. The fourth-order valence-electron chi connectivity index (χ4n) is 1.72. The van der Waals surface area contributed by atoms with Crippen molar-refractivity contribution in [1.29, 1.82) is 0 Å². The molecule has 1 N–H and O–H groups in total. The van der Waals surface area contributed by atoms with Gasteiger partial charge in [0, 0.05) is 31.9 Å². The molecule has 2 heterocycles. The van der Waals surface area contributed by atoms with Crippen LogP contribution in [0.5, 0.6) is 0 Å². The minimum atomic E-state index is 0.458. The third-order valence-electron chi connectivity index (χ3n) is 2.66. The van der Waals surface area contributed by atoms with Gasteiger partial charge in [-0.15, -0.1) is 0 Å². The number of aryl methyl sites for hydroxylation is 1. The molecule has 1 atom stereocenters. The van der Waals surface area contributed by atoms with Crippen LogP contribution in [0.3, 0.4) is 0 Å². The number of nitrogens with zero attached hydrogens (tertiary/aromatic N) is 3. The number of aromatic nitrogens is 2. The summed E-state index contributed by atoms with van der Waals surface area (Å²) in [6.45, 7) is 7.15. The van der Waals surface area contributed by atoms with Gasteiger partial charge in [0.2, 0.25) is 5.95 Å². The van der Waals surface area contributed by atoms with Gasteiger partial charge in [0.25, 0.3) is 0 Å². The lowest BCUT2D eigenvalue weighted by atomic mass is 10.2. The van der Waals surface area contributed by atoms with Crippen molar-refractivity contribution in [2.75, 3.05) is 24.5 Å². The van der Waals surface area contributed by atoms with Crippen LogP contribution in [0.25, 0.3) is 0 Å². The molecule has 1 aliphatic heterocycles. The Morgan fingerprint density at radius 2 is 2.40 bits per heavy atom. The summed E-state index contributed by atoms with van der Waals surface area (Å²) in [7, 11) is 0. The van der Waals surface area contributed by atoms with Crippen molar-refractivity contribution < 1.29 is 0 Å². The molecule has 0 bridgehead atoms. The molecule has 0 saturated carbocycles. The van der Waals surface area contributed by atoms with Gasteiger partial charge in [-0.1, -0.05) is 0 Å². The summed E-state index contributed by atoms with van der Waals surface area (Å²) in [5.41, 5.74) is 0.991. The van der Waals surface area contributed by atoms with Crippen LogP contribution < -0.4 is 10.2 Å². The molecule has 4 nitrogen and oxygen atoms in total. The van der Waals surface area contributed by atoms with Gasteiger partial charge in [0.05, 0.1) is 10.2 Å². The maximum atomic E-state index is 4.49. The van der Waals surface area contributed by atoms with E-state index in [1.807, 2.05) is 13.1 Å². The van der Waals surface area contributed by atoms with Crippen molar-refractivity contribution in [2.45, 2.75) is 19.9 Å². The second kappa shape index (κ2) is 4.45. The minimum Gasteiger partial charge on any atom is -0.336 e. The molecule has 1 aromatic rings. The predicted octanol–water partition coefficient (Wildman–Crippen LogP) is 1.35. The van der Waals surface area contributed by atoms with Gasteiger partial charge in [-0.2, -0.15) is 0 Å². The van der Waals surface area contributed by atoms with E-state index in [-0.39, 0.29) is 0 Å². The van der Waals surface area contributed by atoms with E-state index in [0.29, 0.717) is 6.04 Å². The predicted molar refractivity (Wildman–Crippen MR) is 64.1 cm³/mol. The fourth-order valence-corrected chi connectivity index (χ4v) is 1.91. The molecule has 1 aliphatic rings. The van der Waals surface area contributed by atoms with Crippen molar-refractivity contribution in [3.63, 3.8) is 0 Å². The van der Waals surface area contributed by atoms with E-state index in [1.165, 1.54) is 0 Å². The maximum absolute atomic E-state index is 4.49. The van der Waals surface area contributed by atoms with Crippen molar-refractivity contribution >= 4 is 21.9 Å². The first-order chi connectivity index (χ1) is 7.18. The Labute approximate surface area is 98.2 Å². The highest BCUT2D eigenvalue weighted by molar-refractivity contribution is 9.10. The van der Waals surface area contributed by atoms with Gasteiger partial charge < -0.3 is 10.2 Å². The number of hydrogen-bond acceptors (Lipinski definition) is 4. The van der Waals surface area contributed by atoms with E-state index >= 15 is 0 Å². The number of piperazine rings is 1. The first kappa shape index (κ1) is 10.8. The molecule has 5 heteroatoms. The van der Waals surface area contributed by atoms with E-state index in [0.717, 1.165) is 35.7 Å². The van der Waals surface area contributed by atoms with Crippen molar-refractivity contribution in [3.05, 3.63) is 16.4 Å². The van der Waals surface area contributed by atoms with E-state index in [9.17, 15) is 0 Å². The van der Waals surface area contributed by atoms with Gasteiger partial charge in [0.1, 0.15) is 0 Å². The monoisotopic (exact) mass is 270 g/mol. The number of hydrogen-bond donors (Lipinski definition) is 1. The Morgan fingerprint density at radius 1 is 1.60 bits per heavy atom. The van der Waals surface area contributed by atoms with Crippen LogP contribution in [0.2, 0.25) is 0 Å². The molecule has 0 amide bonds. The second-order valence-electron chi connectivity index (χ2n) is 3.85. The molecular formula is C10H15BrN4. The van der Waals surface area contributed by atoms with E-state index in [1.54, 1.807) is 0 Å². The average molecular weight is 271 g/mol. The molecule has 2 rings (SSSR count). The Bertz CT molecular complexity index is 355. The number of rotatable bonds is 1. The van der Waals surface area contributed by atoms with Crippen molar-refractivity contribution in [1.82, 2.24) is 15.3 Å². The van der Waals surface area contributed by atoms with Gasteiger partial charge >= 0.3 is 0 Å². The van der Waals surface area contributed by atoms with Crippen molar-refractivity contribution in [2.24, 2.45) is 0 Å². The molecule has 0 spiro atoms. The van der Waals surface area contributed by atoms with Crippen LogP contribution in [0.1, 0.15) is 12.6 Å². The van der Waals surface area contributed by atoms with Crippen molar-refractivity contribution in [3.8, 4) is 0 Å². The van der Waals surface area contributed by atoms with Crippen LogP contribution in [0.15, 0.2) is 10.7 Å². The van der Waals surface area contributed by atoms with Crippen LogP contribution >= 0.6 is 15.9 Å². The SMILES string of the molecule is Cc1nc(N2CCNCC2C)ncc1Br. The molecule has 1 aromatic heterocycles. The zero-order valence-electron chi connectivity index (χ0n) is 9.00. The first-order valence-electron chi connectivity index (χ1n) is 5.15. The summed E-state index contributed by atoms with van der Waals surface area (Å²) >= 11 is 3.41. The average Bonchev–Trinajstić information content (AvgIpc) is 2.23. The second-order valence-corrected chi connectivity index (χ2v) is 4.70. The van der Waals surface area contributed by atoms with Crippen LogP contribution in [-0.2, 0) is 0 Å². The topological polar surface area (TPSA) is 41.1 Å². The molecule has 0 aliphatic carbocycles. The highest BCUT2D eigenvalue weighted by atomic mass is 79.9. The summed E-state index contributed by atoms with van der Waals surface area (Å²) < 4.78 is 0.967. The molecule has 15 heavy (non-hydrogen) atoms. The summed E-state index contributed by atoms with van der Waals surface area (Å²) in [6, 6.07) is 0.458. The standard InChI is InChI=1S/C10H15BrN4/c1-7-5-12-3-4-15(7)10-13-6-9(11)8(2)14-10/h6-7,12H,3-5H2,1-2H3. The normalized spacial score (nSPS) is 21.8. The van der Waals surface area contributed by atoms with Gasteiger partial charge in [-0.05, 0) is 29.8 Å². The molecule has 82 valence electrons. The highest BCUT2D eigenvalue weighted by Crippen LogP contribution is 2.18. The lowest BCUT2D eigenvalue weighted by molar-refractivity contribution is 0.492. The first-order valence-corrected chi connectivity index (χ1v) is 5.94. The summed E-state index contributed by atoms with van der Waals surface area (Å²) in [4.78, 5) is 11.1. The third kappa shape index (κ3) is 2.29. The molecular weight excluding hydrogens is 256 g/mol. The molecule has 1 saturated heterocycles. The Morgan fingerprint density at radius 3 is 3.07 bits per heavy atom. The van der Waals surface area contributed by atoms with Gasteiger partial charge in [-0.3, -0.25) is 0 Å². The maximum Gasteiger partial charge on any atom is 0.225 e. The van der Waals surface area contributed by atoms with Crippen LogP contribution in [-0.4, -0.2) is 35.6 Å². The molecule has 0 radical (unpaired) electrons. The zero-order chi connectivity index (χ0) is 10.8. The number of nitrogens with one attached hydrogen (secondary N) is 1. The third-order valence-corrected chi connectivity index (χ3v) is 3.44. The van der Waals surface area contributed by atoms with E-state index in [4.69, 9.17) is 0 Å². The highest BCUT2D eigenvalue weighted by Gasteiger charge is 2.20.